The van der Waals surface area contributed by atoms with E-state index in [2.05, 4.69) is 4.72 Å². The third-order valence-electron chi connectivity index (χ3n) is 3.03. The van der Waals surface area contributed by atoms with Crippen molar-refractivity contribution >= 4 is 15.9 Å². The first-order valence-electron chi connectivity index (χ1n) is 6.29. The van der Waals surface area contributed by atoms with Crippen LogP contribution in [0.2, 0.25) is 0 Å². The summed E-state index contributed by atoms with van der Waals surface area (Å²) in [5, 5.41) is 8.78. The Morgan fingerprint density at radius 2 is 2.10 bits per heavy atom. The summed E-state index contributed by atoms with van der Waals surface area (Å²) in [6.07, 6.45) is 0.517. The first kappa shape index (κ1) is 16.6. The van der Waals surface area contributed by atoms with E-state index >= 15 is 0 Å². The van der Waals surface area contributed by atoms with Crippen LogP contribution in [0, 0.1) is 12.8 Å². The molecule has 7 heteroatoms. The van der Waals surface area contributed by atoms with Crippen LogP contribution in [0.4, 0.5) is 0 Å². The van der Waals surface area contributed by atoms with Crippen molar-refractivity contribution in [2.45, 2.75) is 25.2 Å². The third kappa shape index (κ3) is 4.29. The Labute approximate surface area is 119 Å². The minimum absolute atomic E-state index is 0.00750. The molecule has 0 aromatic heterocycles. The van der Waals surface area contributed by atoms with Crippen molar-refractivity contribution in [2.24, 2.45) is 11.7 Å². The van der Waals surface area contributed by atoms with E-state index in [-0.39, 0.29) is 29.5 Å². The number of nitrogens with two attached hydrogens (primary N) is 1. The van der Waals surface area contributed by atoms with Crippen LogP contribution in [0.3, 0.4) is 0 Å². The van der Waals surface area contributed by atoms with Crippen molar-refractivity contribution in [3.05, 3.63) is 29.3 Å². The fourth-order valence-electron chi connectivity index (χ4n) is 1.69. The molecule has 0 bridgehead atoms. The van der Waals surface area contributed by atoms with Gasteiger partial charge in [-0.3, -0.25) is 4.79 Å². The van der Waals surface area contributed by atoms with Gasteiger partial charge in [0.1, 0.15) is 0 Å². The van der Waals surface area contributed by atoms with Crippen LogP contribution in [0.25, 0.3) is 0 Å². The quantitative estimate of drug-likeness (QED) is 0.676. The van der Waals surface area contributed by atoms with Crippen LogP contribution in [-0.2, 0) is 10.0 Å². The number of sulfonamides is 1. The summed E-state index contributed by atoms with van der Waals surface area (Å²) in [7, 11) is -3.69. The average molecular weight is 300 g/mol. The van der Waals surface area contributed by atoms with E-state index in [1.54, 1.807) is 13.0 Å². The normalized spacial score (nSPS) is 13.2. The van der Waals surface area contributed by atoms with Gasteiger partial charge in [0.15, 0.2) is 0 Å². The molecule has 112 valence electrons. The van der Waals surface area contributed by atoms with Gasteiger partial charge in [0, 0.05) is 18.7 Å². The van der Waals surface area contributed by atoms with Gasteiger partial charge in [-0.25, -0.2) is 13.1 Å². The largest absolute Gasteiger partial charge is 0.396 e. The Balaban J connectivity index is 2.93. The second-order valence-electron chi connectivity index (χ2n) is 4.81. The number of hydrogen-bond acceptors (Lipinski definition) is 4. The summed E-state index contributed by atoms with van der Waals surface area (Å²) in [6.45, 7) is 3.76. The number of nitrogens with one attached hydrogen (secondary N) is 1. The molecule has 4 N–H and O–H groups in total. The molecule has 1 aromatic carbocycles. The highest BCUT2D eigenvalue weighted by atomic mass is 32.2. The van der Waals surface area contributed by atoms with Crippen molar-refractivity contribution < 1.29 is 18.3 Å². The molecule has 1 atom stereocenters. The molecular formula is C13H20N2O4S. The molecule has 0 aliphatic rings. The number of hydrogen-bond donors (Lipinski definition) is 3. The smallest absolute Gasteiger partial charge is 0.249 e. The van der Waals surface area contributed by atoms with E-state index < -0.39 is 15.9 Å². The molecule has 0 aliphatic heterocycles. The number of carbonyl (C=O) groups is 1. The Morgan fingerprint density at radius 1 is 1.45 bits per heavy atom. The second-order valence-corrected chi connectivity index (χ2v) is 6.58. The predicted octanol–water partition coefficient (Wildman–Crippen LogP) is 0.391. The molecule has 6 nitrogen and oxygen atoms in total. The summed E-state index contributed by atoms with van der Waals surface area (Å²) < 4.78 is 26.7. The van der Waals surface area contributed by atoms with Crippen molar-refractivity contribution in [1.82, 2.24) is 4.72 Å². The van der Waals surface area contributed by atoms with Crippen molar-refractivity contribution in [3.8, 4) is 0 Å². The highest BCUT2D eigenvalue weighted by Gasteiger charge is 2.17. The summed E-state index contributed by atoms with van der Waals surface area (Å²) in [5.74, 6) is -0.635. The van der Waals surface area contributed by atoms with Crippen LogP contribution < -0.4 is 10.5 Å². The maximum Gasteiger partial charge on any atom is 0.249 e. The summed E-state index contributed by atoms with van der Waals surface area (Å²) in [5.41, 5.74) is 6.03. The Bertz CT molecular complexity index is 584. The number of carbonyl (C=O) groups excluding carboxylic acids is 1. The zero-order chi connectivity index (χ0) is 15.3. The van der Waals surface area contributed by atoms with Crippen LogP contribution in [0.1, 0.15) is 29.3 Å². The van der Waals surface area contributed by atoms with Gasteiger partial charge in [0.25, 0.3) is 0 Å². The number of aliphatic hydroxyl groups is 1. The van der Waals surface area contributed by atoms with Gasteiger partial charge in [-0.1, -0.05) is 13.0 Å². The molecule has 0 saturated carbocycles. The lowest BCUT2D eigenvalue weighted by Crippen LogP contribution is -2.29. The van der Waals surface area contributed by atoms with Crippen LogP contribution in [0.5, 0.6) is 0 Å². The highest BCUT2D eigenvalue weighted by Crippen LogP contribution is 2.15. The van der Waals surface area contributed by atoms with E-state index in [0.29, 0.717) is 12.0 Å². The molecule has 1 aromatic rings. The first-order chi connectivity index (χ1) is 9.27. The fourth-order valence-corrected chi connectivity index (χ4v) is 2.88. The third-order valence-corrected chi connectivity index (χ3v) is 4.45. The van der Waals surface area contributed by atoms with Crippen LogP contribution >= 0.6 is 0 Å². The maximum atomic E-state index is 12.1. The van der Waals surface area contributed by atoms with E-state index in [4.69, 9.17) is 10.8 Å². The fraction of sp³-hybridized carbons (Fsp3) is 0.462. The predicted molar refractivity (Wildman–Crippen MR) is 75.8 cm³/mol. The Kier molecular flexibility index (Phi) is 5.67. The number of benzene rings is 1. The molecule has 0 fully saturated rings. The number of primary amides is 1. The van der Waals surface area contributed by atoms with Crippen molar-refractivity contribution in [3.63, 3.8) is 0 Å². The van der Waals surface area contributed by atoms with Crippen LogP contribution in [-0.4, -0.2) is 32.6 Å². The van der Waals surface area contributed by atoms with Gasteiger partial charge in [-0.2, -0.15) is 0 Å². The zero-order valence-corrected chi connectivity index (χ0v) is 12.4. The molecular weight excluding hydrogens is 280 g/mol. The summed E-state index contributed by atoms with van der Waals surface area (Å²) in [4.78, 5) is 11.2. The molecule has 0 radical (unpaired) electrons. The topological polar surface area (TPSA) is 109 Å². The van der Waals surface area contributed by atoms with Crippen molar-refractivity contribution in [2.75, 3.05) is 13.2 Å². The molecule has 0 saturated heterocycles. The van der Waals surface area contributed by atoms with E-state index in [0.717, 1.165) is 0 Å². The highest BCUT2D eigenvalue weighted by molar-refractivity contribution is 7.89. The number of aliphatic hydroxyl groups excluding tert-OH is 1. The molecule has 0 heterocycles. The van der Waals surface area contributed by atoms with E-state index in [1.165, 1.54) is 12.1 Å². The Hall–Kier alpha value is -1.44. The van der Waals surface area contributed by atoms with E-state index in [1.807, 2.05) is 6.92 Å². The standard InChI is InChI=1S/C13H20N2O4S/c1-9(5-6-16)8-15-20(18,19)11-4-3-10(2)12(7-11)13(14)17/h3-4,7,9,15-16H,5-6,8H2,1-2H3,(H2,14,17). The SMILES string of the molecule is Cc1ccc(S(=O)(=O)NCC(C)CCO)cc1C(N)=O. The maximum absolute atomic E-state index is 12.1. The van der Waals surface area contributed by atoms with Gasteiger partial charge in [0.05, 0.1) is 4.90 Å². The molecule has 0 spiro atoms. The zero-order valence-electron chi connectivity index (χ0n) is 11.6. The minimum atomic E-state index is -3.69. The summed E-state index contributed by atoms with van der Waals surface area (Å²) >= 11 is 0. The molecule has 0 aliphatic carbocycles. The van der Waals surface area contributed by atoms with Gasteiger partial charge in [-0.05, 0) is 37.0 Å². The van der Waals surface area contributed by atoms with E-state index in [9.17, 15) is 13.2 Å². The van der Waals surface area contributed by atoms with Gasteiger partial charge in [-0.15, -0.1) is 0 Å². The number of aryl methyl sites for hydroxylation is 1. The van der Waals surface area contributed by atoms with Gasteiger partial charge < -0.3 is 10.8 Å². The molecule has 1 unspecified atom stereocenters. The van der Waals surface area contributed by atoms with Crippen LogP contribution in [0.15, 0.2) is 23.1 Å². The summed E-state index contributed by atoms with van der Waals surface area (Å²) in [6, 6.07) is 4.25. The van der Waals surface area contributed by atoms with Gasteiger partial charge in [0.2, 0.25) is 15.9 Å². The molecule has 1 amide bonds. The van der Waals surface area contributed by atoms with Crippen molar-refractivity contribution in [1.29, 1.82) is 0 Å². The second kappa shape index (κ2) is 6.83. The average Bonchev–Trinajstić information content (AvgIpc) is 2.37. The van der Waals surface area contributed by atoms with Gasteiger partial charge >= 0.3 is 0 Å². The minimum Gasteiger partial charge on any atom is -0.396 e. The molecule has 1 rings (SSSR count). The number of rotatable bonds is 7. The first-order valence-corrected chi connectivity index (χ1v) is 7.77. The number of amides is 1. The molecule has 20 heavy (non-hydrogen) atoms. The lowest BCUT2D eigenvalue weighted by Gasteiger charge is -2.12. The lowest BCUT2D eigenvalue weighted by atomic mass is 10.1. The lowest BCUT2D eigenvalue weighted by molar-refractivity contribution is 0.0999. The Morgan fingerprint density at radius 3 is 2.65 bits per heavy atom. The monoisotopic (exact) mass is 300 g/mol.